The molecule has 2 aliphatic rings. The van der Waals surface area contributed by atoms with Crippen molar-refractivity contribution in [1.29, 1.82) is 5.26 Å². The lowest BCUT2D eigenvalue weighted by Crippen LogP contribution is -2.56. The maximum absolute atomic E-state index is 9.41. The van der Waals surface area contributed by atoms with Crippen LogP contribution in [-0.2, 0) is 4.74 Å². The average Bonchev–Trinajstić information content (AvgIpc) is 2.77. The van der Waals surface area contributed by atoms with E-state index in [2.05, 4.69) is 26.5 Å². The molecule has 0 saturated carbocycles. The SMILES string of the molecule is CC1(C)Oc2ccc(C#N)cc2[C@H](NCCN2CCOCC2)[C@H]1Oc1ccc(Cl)nn1. The van der Waals surface area contributed by atoms with Crippen LogP contribution in [0.25, 0.3) is 0 Å². The van der Waals surface area contributed by atoms with Gasteiger partial charge in [-0.05, 0) is 38.1 Å². The van der Waals surface area contributed by atoms with Crippen molar-refractivity contribution in [2.45, 2.75) is 31.6 Å². The number of nitrogens with one attached hydrogen (secondary N) is 1. The Bertz CT molecular complexity index is 941. The minimum Gasteiger partial charge on any atom is -0.484 e. The Morgan fingerprint density at radius 3 is 2.77 bits per heavy atom. The smallest absolute Gasteiger partial charge is 0.233 e. The van der Waals surface area contributed by atoms with Crippen molar-refractivity contribution in [3.05, 3.63) is 46.6 Å². The van der Waals surface area contributed by atoms with Gasteiger partial charge in [0.25, 0.3) is 0 Å². The topological polar surface area (TPSA) is 92.5 Å². The van der Waals surface area contributed by atoms with E-state index < -0.39 is 11.7 Å². The molecule has 164 valence electrons. The first-order valence-electron chi connectivity index (χ1n) is 10.4. The third-order valence-corrected chi connectivity index (χ3v) is 5.79. The summed E-state index contributed by atoms with van der Waals surface area (Å²) >= 11 is 5.87. The zero-order valence-corrected chi connectivity index (χ0v) is 18.4. The first-order valence-corrected chi connectivity index (χ1v) is 10.8. The van der Waals surface area contributed by atoms with E-state index in [4.69, 9.17) is 25.8 Å². The molecule has 1 aromatic carbocycles. The third-order valence-electron chi connectivity index (χ3n) is 5.59. The minimum atomic E-state index is -0.654. The monoisotopic (exact) mass is 443 g/mol. The second-order valence-corrected chi connectivity index (χ2v) is 8.58. The predicted octanol–water partition coefficient (Wildman–Crippen LogP) is 2.58. The molecule has 3 heterocycles. The highest BCUT2D eigenvalue weighted by molar-refractivity contribution is 6.29. The van der Waals surface area contributed by atoms with Crippen LogP contribution in [0.1, 0.15) is 31.0 Å². The van der Waals surface area contributed by atoms with Crippen molar-refractivity contribution in [3.63, 3.8) is 0 Å². The van der Waals surface area contributed by atoms with E-state index in [0.29, 0.717) is 16.6 Å². The second-order valence-electron chi connectivity index (χ2n) is 8.19. The molecule has 0 aliphatic carbocycles. The summed E-state index contributed by atoms with van der Waals surface area (Å²) in [6.07, 6.45) is -0.408. The summed E-state index contributed by atoms with van der Waals surface area (Å²) in [5.41, 5.74) is 0.818. The van der Waals surface area contributed by atoms with Gasteiger partial charge in [-0.25, -0.2) is 0 Å². The van der Waals surface area contributed by atoms with Crippen molar-refractivity contribution >= 4 is 11.6 Å². The van der Waals surface area contributed by atoms with E-state index in [1.54, 1.807) is 18.2 Å². The molecule has 1 saturated heterocycles. The van der Waals surface area contributed by atoms with Gasteiger partial charge in [-0.15, -0.1) is 10.2 Å². The standard InChI is InChI=1S/C22H26ClN5O3/c1-22(2)21(30-19-6-5-18(23)26-27-19)20(25-7-8-28-9-11-29-12-10-28)16-13-15(14-24)3-4-17(16)31-22/h3-6,13,20-21,25H,7-12H2,1-2H3/t20-,21+/m0/s1. The Hall–Kier alpha value is -2.44. The van der Waals surface area contributed by atoms with Gasteiger partial charge in [-0.2, -0.15) is 5.26 Å². The van der Waals surface area contributed by atoms with E-state index >= 15 is 0 Å². The van der Waals surface area contributed by atoms with Gasteiger partial charge >= 0.3 is 0 Å². The Labute approximate surface area is 187 Å². The molecular formula is C22H26ClN5O3. The van der Waals surface area contributed by atoms with E-state index in [0.717, 1.165) is 50.7 Å². The van der Waals surface area contributed by atoms with Crippen LogP contribution < -0.4 is 14.8 Å². The predicted molar refractivity (Wildman–Crippen MR) is 115 cm³/mol. The molecular weight excluding hydrogens is 418 g/mol. The lowest BCUT2D eigenvalue weighted by molar-refractivity contribution is -0.0527. The molecule has 0 unspecified atom stereocenters. The minimum absolute atomic E-state index is 0.203. The average molecular weight is 444 g/mol. The summed E-state index contributed by atoms with van der Waals surface area (Å²) < 4.78 is 18.0. The largest absolute Gasteiger partial charge is 0.484 e. The highest BCUT2D eigenvalue weighted by Gasteiger charge is 2.46. The molecule has 0 amide bonds. The molecule has 1 aromatic heterocycles. The summed E-state index contributed by atoms with van der Waals surface area (Å²) in [6, 6.07) is 10.8. The van der Waals surface area contributed by atoms with Crippen LogP contribution in [-0.4, -0.2) is 66.2 Å². The molecule has 31 heavy (non-hydrogen) atoms. The molecule has 1 fully saturated rings. The van der Waals surface area contributed by atoms with Crippen LogP contribution in [0.3, 0.4) is 0 Å². The van der Waals surface area contributed by atoms with Crippen molar-refractivity contribution in [2.75, 3.05) is 39.4 Å². The Balaban J connectivity index is 1.60. The molecule has 2 aliphatic heterocycles. The molecule has 1 N–H and O–H groups in total. The molecule has 8 nitrogen and oxygen atoms in total. The summed E-state index contributed by atoms with van der Waals surface area (Å²) in [5.74, 6) is 1.11. The maximum Gasteiger partial charge on any atom is 0.233 e. The zero-order chi connectivity index (χ0) is 21.8. The molecule has 2 aromatic rings. The second kappa shape index (κ2) is 9.37. The molecule has 0 radical (unpaired) electrons. The van der Waals surface area contributed by atoms with E-state index in [1.165, 1.54) is 0 Å². The third kappa shape index (κ3) is 5.08. The molecule has 9 heteroatoms. The van der Waals surface area contributed by atoms with Gasteiger partial charge in [0.2, 0.25) is 5.88 Å². The Kier molecular flexibility index (Phi) is 6.58. The van der Waals surface area contributed by atoms with E-state index in [-0.39, 0.29) is 6.04 Å². The highest BCUT2D eigenvalue weighted by atomic mass is 35.5. The Morgan fingerprint density at radius 1 is 1.26 bits per heavy atom. The van der Waals surface area contributed by atoms with Crippen LogP contribution in [0.15, 0.2) is 30.3 Å². The summed E-state index contributed by atoms with van der Waals surface area (Å²) in [4.78, 5) is 2.37. The van der Waals surface area contributed by atoms with Crippen LogP contribution >= 0.6 is 11.6 Å². The summed E-state index contributed by atoms with van der Waals surface area (Å²) in [5, 5.41) is 21.3. The van der Waals surface area contributed by atoms with Gasteiger partial charge in [0.05, 0.1) is 30.9 Å². The highest BCUT2D eigenvalue weighted by Crippen LogP contribution is 2.41. The van der Waals surface area contributed by atoms with Gasteiger partial charge in [-0.3, -0.25) is 4.90 Å². The van der Waals surface area contributed by atoms with Gasteiger partial charge < -0.3 is 19.5 Å². The van der Waals surface area contributed by atoms with Crippen molar-refractivity contribution in [3.8, 4) is 17.7 Å². The lowest BCUT2D eigenvalue weighted by atomic mass is 9.85. The number of fused-ring (bicyclic) bond motifs is 1. The van der Waals surface area contributed by atoms with E-state index in [9.17, 15) is 5.26 Å². The van der Waals surface area contributed by atoms with Crippen molar-refractivity contribution in [1.82, 2.24) is 20.4 Å². The first-order chi connectivity index (χ1) is 15.0. The number of morpholine rings is 1. The summed E-state index contributed by atoms with van der Waals surface area (Å²) in [6.45, 7) is 8.99. The normalized spacial score (nSPS) is 22.8. The number of hydrogen-bond acceptors (Lipinski definition) is 8. The van der Waals surface area contributed by atoms with Gasteiger partial charge in [-0.1, -0.05) is 11.6 Å². The fourth-order valence-electron chi connectivity index (χ4n) is 3.99. The lowest BCUT2D eigenvalue weighted by Gasteiger charge is -2.44. The number of hydrogen-bond donors (Lipinski definition) is 1. The molecule has 0 spiro atoms. The van der Waals surface area contributed by atoms with Crippen LogP contribution in [0.5, 0.6) is 11.6 Å². The summed E-state index contributed by atoms with van der Waals surface area (Å²) in [7, 11) is 0. The zero-order valence-electron chi connectivity index (χ0n) is 17.7. The fraction of sp³-hybridized carbons (Fsp3) is 0.500. The van der Waals surface area contributed by atoms with Crippen molar-refractivity contribution < 1.29 is 14.2 Å². The number of halogens is 1. The van der Waals surface area contributed by atoms with Crippen LogP contribution in [0.2, 0.25) is 5.15 Å². The number of benzene rings is 1. The molecule has 2 atom stereocenters. The number of rotatable bonds is 6. The fourth-order valence-corrected chi connectivity index (χ4v) is 4.09. The van der Waals surface area contributed by atoms with Gasteiger partial charge in [0.1, 0.15) is 11.4 Å². The van der Waals surface area contributed by atoms with E-state index in [1.807, 2.05) is 26.0 Å². The molecule has 4 rings (SSSR count). The number of aromatic nitrogens is 2. The number of nitrogens with zero attached hydrogens (tertiary/aromatic N) is 4. The molecule has 0 bridgehead atoms. The quantitative estimate of drug-likeness (QED) is 0.728. The van der Waals surface area contributed by atoms with Gasteiger partial charge in [0.15, 0.2) is 11.3 Å². The van der Waals surface area contributed by atoms with Gasteiger partial charge in [0, 0.05) is 37.8 Å². The van der Waals surface area contributed by atoms with Crippen LogP contribution in [0.4, 0.5) is 0 Å². The Morgan fingerprint density at radius 2 is 2.06 bits per heavy atom. The van der Waals surface area contributed by atoms with Crippen molar-refractivity contribution in [2.24, 2.45) is 0 Å². The first kappa shape index (κ1) is 21.8. The maximum atomic E-state index is 9.41. The van der Waals surface area contributed by atoms with Crippen LogP contribution in [0, 0.1) is 11.3 Å². The number of nitriles is 1. The number of ether oxygens (including phenoxy) is 3.